The quantitative estimate of drug-likeness (QED) is 0.806. The number of rotatable bonds is 3. The van der Waals surface area contributed by atoms with Crippen LogP contribution in [0.1, 0.15) is 28.3 Å². The fourth-order valence-corrected chi connectivity index (χ4v) is 2.98. The van der Waals surface area contributed by atoms with Gasteiger partial charge in [0, 0.05) is 4.47 Å². The van der Waals surface area contributed by atoms with Crippen molar-refractivity contribution in [3.63, 3.8) is 0 Å². The molecule has 21 heavy (non-hydrogen) atoms. The van der Waals surface area contributed by atoms with E-state index < -0.39 is 11.7 Å². The second-order valence-corrected chi connectivity index (χ2v) is 5.72. The largest absolute Gasteiger partial charge is 0.416 e. The molecule has 0 aliphatic carbocycles. The third-order valence-electron chi connectivity index (χ3n) is 3.30. The van der Waals surface area contributed by atoms with Crippen molar-refractivity contribution in [2.75, 3.05) is 7.05 Å². The number of hydrogen-bond acceptors (Lipinski definition) is 1. The van der Waals surface area contributed by atoms with Crippen LogP contribution >= 0.6 is 15.9 Å². The van der Waals surface area contributed by atoms with Gasteiger partial charge in [0.1, 0.15) is 0 Å². The smallest absolute Gasteiger partial charge is 0.309 e. The Labute approximate surface area is 130 Å². The van der Waals surface area contributed by atoms with Gasteiger partial charge in [-0.25, -0.2) is 0 Å². The Hall–Kier alpha value is -1.33. The maximum atomic E-state index is 12.8. The standard InChI is InChI=1S/C16H15BrF3N/c1-10-6-7-13(14(17)8-10)15(21-2)11-4-3-5-12(9-11)16(18,19)20/h3-9,15,21H,1-2H3. The molecule has 0 heterocycles. The van der Waals surface area contributed by atoms with Gasteiger partial charge >= 0.3 is 6.18 Å². The minimum atomic E-state index is -4.33. The number of aryl methyl sites for hydroxylation is 1. The highest BCUT2D eigenvalue weighted by molar-refractivity contribution is 9.10. The van der Waals surface area contributed by atoms with Crippen molar-refractivity contribution in [3.05, 3.63) is 69.2 Å². The molecule has 2 aromatic rings. The van der Waals surface area contributed by atoms with Gasteiger partial charge in [-0.2, -0.15) is 13.2 Å². The SMILES string of the molecule is CNC(c1cccc(C(F)(F)F)c1)c1ccc(C)cc1Br. The number of alkyl halides is 3. The second-order valence-electron chi connectivity index (χ2n) is 4.87. The Morgan fingerprint density at radius 2 is 1.81 bits per heavy atom. The summed E-state index contributed by atoms with van der Waals surface area (Å²) in [6.07, 6.45) is -4.33. The molecule has 2 rings (SSSR count). The van der Waals surface area contributed by atoms with Crippen molar-refractivity contribution in [2.24, 2.45) is 0 Å². The monoisotopic (exact) mass is 357 g/mol. The van der Waals surface area contributed by atoms with E-state index in [4.69, 9.17) is 0 Å². The summed E-state index contributed by atoms with van der Waals surface area (Å²) in [6, 6.07) is 10.9. The Bertz CT molecular complexity index is 638. The molecule has 0 fully saturated rings. The van der Waals surface area contributed by atoms with E-state index in [0.29, 0.717) is 5.56 Å². The Balaban J connectivity index is 2.47. The molecule has 112 valence electrons. The van der Waals surface area contributed by atoms with Crippen molar-refractivity contribution in [1.29, 1.82) is 0 Å². The van der Waals surface area contributed by atoms with E-state index in [1.165, 1.54) is 12.1 Å². The first-order chi connectivity index (χ1) is 9.82. The lowest BCUT2D eigenvalue weighted by atomic mass is 9.96. The molecule has 0 radical (unpaired) electrons. The fourth-order valence-electron chi connectivity index (χ4n) is 2.26. The van der Waals surface area contributed by atoms with E-state index in [2.05, 4.69) is 21.2 Å². The van der Waals surface area contributed by atoms with Gasteiger partial charge in [-0.1, -0.05) is 40.2 Å². The third-order valence-corrected chi connectivity index (χ3v) is 3.99. The van der Waals surface area contributed by atoms with E-state index in [9.17, 15) is 13.2 Å². The zero-order valence-corrected chi connectivity index (χ0v) is 13.2. The van der Waals surface area contributed by atoms with Crippen LogP contribution in [0.15, 0.2) is 46.9 Å². The van der Waals surface area contributed by atoms with Crippen molar-refractivity contribution in [2.45, 2.75) is 19.1 Å². The first-order valence-electron chi connectivity index (χ1n) is 6.43. The topological polar surface area (TPSA) is 12.0 Å². The number of nitrogens with one attached hydrogen (secondary N) is 1. The minimum absolute atomic E-state index is 0.303. The van der Waals surface area contributed by atoms with E-state index in [-0.39, 0.29) is 6.04 Å². The molecule has 0 saturated carbocycles. The maximum Gasteiger partial charge on any atom is 0.416 e. The molecule has 0 saturated heterocycles. The van der Waals surface area contributed by atoms with Gasteiger partial charge in [0.2, 0.25) is 0 Å². The molecule has 0 aliphatic heterocycles. The number of benzene rings is 2. The van der Waals surface area contributed by atoms with Gasteiger partial charge < -0.3 is 5.32 Å². The molecular weight excluding hydrogens is 343 g/mol. The Morgan fingerprint density at radius 3 is 2.38 bits per heavy atom. The van der Waals surface area contributed by atoms with Crippen molar-refractivity contribution < 1.29 is 13.2 Å². The highest BCUT2D eigenvalue weighted by Gasteiger charge is 2.31. The molecule has 5 heteroatoms. The first-order valence-corrected chi connectivity index (χ1v) is 7.22. The van der Waals surface area contributed by atoms with E-state index in [1.807, 2.05) is 25.1 Å². The van der Waals surface area contributed by atoms with E-state index in [0.717, 1.165) is 21.7 Å². The predicted molar refractivity (Wildman–Crippen MR) is 81.2 cm³/mol. The summed E-state index contributed by atoms with van der Waals surface area (Å²) in [5.41, 5.74) is 1.94. The molecule has 1 N–H and O–H groups in total. The summed E-state index contributed by atoms with van der Waals surface area (Å²) in [4.78, 5) is 0. The predicted octanol–water partition coefficient (Wildman–Crippen LogP) is 5.09. The van der Waals surface area contributed by atoms with Crippen LogP contribution < -0.4 is 5.32 Å². The zero-order valence-electron chi connectivity index (χ0n) is 11.6. The molecule has 0 amide bonds. The summed E-state index contributed by atoms with van der Waals surface area (Å²) >= 11 is 3.48. The minimum Gasteiger partial charge on any atom is -0.309 e. The van der Waals surface area contributed by atoms with Crippen LogP contribution in [0.5, 0.6) is 0 Å². The van der Waals surface area contributed by atoms with Crippen LogP contribution in [-0.2, 0) is 6.18 Å². The Morgan fingerprint density at radius 1 is 1.10 bits per heavy atom. The van der Waals surface area contributed by atoms with Crippen LogP contribution in [0.2, 0.25) is 0 Å². The lowest BCUT2D eigenvalue weighted by Crippen LogP contribution is -2.19. The van der Waals surface area contributed by atoms with Crippen LogP contribution in [0.4, 0.5) is 13.2 Å². The second kappa shape index (κ2) is 6.20. The lowest BCUT2D eigenvalue weighted by Gasteiger charge is -2.20. The van der Waals surface area contributed by atoms with Gasteiger partial charge in [-0.05, 0) is 48.9 Å². The van der Waals surface area contributed by atoms with Crippen LogP contribution in [0, 0.1) is 6.92 Å². The summed E-state index contributed by atoms with van der Waals surface area (Å²) < 4.78 is 39.4. The highest BCUT2D eigenvalue weighted by Crippen LogP contribution is 2.34. The molecule has 1 unspecified atom stereocenters. The van der Waals surface area contributed by atoms with Crippen LogP contribution in [-0.4, -0.2) is 7.05 Å². The van der Waals surface area contributed by atoms with Gasteiger partial charge in [-0.15, -0.1) is 0 Å². The molecule has 1 nitrogen and oxygen atoms in total. The molecule has 1 atom stereocenters. The first kappa shape index (κ1) is 16.0. The Kier molecular flexibility index (Phi) is 4.74. The summed E-state index contributed by atoms with van der Waals surface area (Å²) in [7, 11) is 1.73. The summed E-state index contributed by atoms with van der Waals surface area (Å²) in [6.45, 7) is 1.97. The van der Waals surface area contributed by atoms with Gasteiger partial charge in [-0.3, -0.25) is 0 Å². The van der Waals surface area contributed by atoms with E-state index >= 15 is 0 Å². The average Bonchev–Trinajstić information content (AvgIpc) is 2.41. The summed E-state index contributed by atoms with van der Waals surface area (Å²) in [5.74, 6) is 0. The normalized spacial score (nSPS) is 13.2. The summed E-state index contributed by atoms with van der Waals surface area (Å²) in [5, 5.41) is 3.08. The molecule has 0 aromatic heterocycles. The number of hydrogen-bond donors (Lipinski definition) is 1. The van der Waals surface area contributed by atoms with Crippen LogP contribution in [0.3, 0.4) is 0 Å². The molecule has 0 bridgehead atoms. The zero-order chi connectivity index (χ0) is 15.6. The van der Waals surface area contributed by atoms with E-state index in [1.54, 1.807) is 13.1 Å². The maximum absolute atomic E-state index is 12.8. The highest BCUT2D eigenvalue weighted by atomic mass is 79.9. The van der Waals surface area contributed by atoms with Gasteiger partial charge in [0.25, 0.3) is 0 Å². The number of halogens is 4. The van der Waals surface area contributed by atoms with Crippen LogP contribution in [0.25, 0.3) is 0 Å². The fraction of sp³-hybridized carbons (Fsp3) is 0.250. The van der Waals surface area contributed by atoms with Crippen molar-refractivity contribution in [1.82, 2.24) is 5.32 Å². The molecular formula is C16H15BrF3N. The lowest BCUT2D eigenvalue weighted by molar-refractivity contribution is -0.137. The van der Waals surface area contributed by atoms with Crippen molar-refractivity contribution >= 4 is 15.9 Å². The molecule has 2 aromatic carbocycles. The van der Waals surface area contributed by atoms with Gasteiger partial charge in [0.15, 0.2) is 0 Å². The van der Waals surface area contributed by atoms with Crippen molar-refractivity contribution in [3.8, 4) is 0 Å². The van der Waals surface area contributed by atoms with Gasteiger partial charge in [0.05, 0.1) is 11.6 Å². The molecule has 0 spiro atoms. The third kappa shape index (κ3) is 3.66. The average molecular weight is 358 g/mol. The molecule has 0 aliphatic rings.